The molecule has 2 aromatic carbocycles. The zero-order chi connectivity index (χ0) is 14.7. The smallest absolute Gasteiger partial charge is 0.0347 e. The highest BCUT2D eigenvalue weighted by atomic mass is 32.1. The Morgan fingerprint density at radius 3 is 2.57 bits per heavy atom. The first kappa shape index (κ1) is 14.2. The maximum atomic E-state index is 3.61. The van der Waals surface area contributed by atoms with Crippen molar-refractivity contribution in [1.29, 1.82) is 0 Å². The molecule has 1 N–H and O–H groups in total. The van der Waals surface area contributed by atoms with Crippen LogP contribution in [0.25, 0.3) is 10.1 Å². The van der Waals surface area contributed by atoms with Crippen LogP contribution in [0, 0.1) is 5.92 Å². The van der Waals surface area contributed by atoms with Gasteiger partial charge in [-0.2, -0.15) is 0 Å². The molecule has 3 aromatic rings. The number of hydrogen-bond acceptors (Lipinski definition) is 2. The van der Waals surface area contributed by atoms with Gasteiger partial charge in [-0.25, -0.2) is 0 Å². The lowest BCUT2D eigenvalue weighted by molar-refractivity contribution is 0.517. The van der Waals surface area contributed by atoms with E-state index in [-0.39, 0.29) is 0 Å². The number of fused-ring (bicyclic) bond motifs is 1. The van der Waals surface area contributed by atoms with Gasteiger partial charge in [0.1, 0.15) is 0 Å². The van der Waals surface area contributed by atoms with E-state index < -0.39 is 0 Å². The van der Waals surface area contributed by atoms with Gasteiger partial charge in [0.05, 0.1) is 0 Å². The second-order valence-electron chi connectivity index (χ2n) is 5.82. The Hall–Kier alpha value is -1.80. The normalized spacial score (nSPS) is 12.7. The zero-order valence-corrected chi connectivity index (χ0v) is 13.4. The van der Waals surface area contributed by atoms with Gasteiger partial charge in [0.25, 0.3) is 0 Å². The molecule has 1 nitrogen and oxygen atoms in total. The lowest BCUT2D eigenvalue weighted by atomic mass is 9.88. The lowest BCUT2D eigenvalue weighted by Crippen LogP contribution is -2.17. The third-order valence-electron chi connectivity index (χ3n) is 4.01. The highest BCUT2D eigenvalue weighted by Gasteiger charge is 2.15. The van der Waals surface area contributed by atoms with E-state index in [1.54, 1.807) is 11.3 Å². The molecule has 0 saturated carbocycles. The van der Waals surface area contributed by atoms with Crippen LogP contribution in [0.4, 0.5) is 5.69 Å². The minimum atomic E-state index is 0.532. The highest BCUT2D eigenvalue weighted by Crippen LogP contribution is 2.27. The van der Waals surface area contributed by atoms with Gasteiger partial charge in [0.15, 0.2) is 0 Å². The second kappa shape index (κ2) is 6.31. The van der Waals surface area contributed by atoms with Crippen LogP contribution in [0.5, 0.6) is 0 Å². The zero-order valence-electron chi connectivity index (χ0n) is 12.5. The van der Waals surface area contributed by atoms with E-state index in [4.69, 9.17) is 0 Å². The summed E-state index contributed by atoms with van der Waals surface area (Å²) in [5.74, 6) is 1.15. The number of benzene rings is 2. The van der Waals surface area contributed by atoms with Gasteiger partial charge in [-0.05, 0) is 46.5 Å². The van der Waals surface area contributed by atoms with Gasteiger partial charge < -0.3 is 5.32 Å². The fourth-order valence-electron chi connectivity index (χ4n) is 2.74. The third-order valence-corrected chi connectivity index (χ3v) is 4.91. The van der Waals surface area contributed by atoms with Crippen LogP contribution < -0.4 is 5.32 Å². The van der Waals surface area contributed by atoms with Crippen LogP contribution in [0.3, 0.4) is 0 Å². The molecule has 1 atom stereocenters. The SMILES string of the molecule is CC(C)C(CNc1ccc2sccc2c1)c1ccccc1. The maximum absolute atomic E-state index is 3.61. The molecule has 0 radical (unpaired) electrons. The summed E-state index contributed by atoms with van der Waals surface area (Å²) in [6.07, 6.45) is 0. The number of rotatable bonds is 5. The van der Waals surface area contributed by atoms with Crippen molar-refractivity contribution in [3.05, 3.63) is 65.5 Å². The van der Waals surface area contributed by atoms with Crippen molar-refractivity contribution >= 4 is 27.1 Å². The Labute approximate surface area is 130 Å². The number of thiophene rings is 1. The summed E-state index contributed by atoms with van der Waals surface area (Å²) in [6.45, 7) is 5.56. The Morgan fingerprint density at radius 2 is 1.81 bits per heavy atom. The van der Waals surface area contributed by atoms with Crippen LogP contribution in [-0.4, -0.2) is 6.54 Å². The highest BCUT2D eigenvalue weighted by molar-refractivity contribution is 7.17. The van der Waals surface area contributed by atoms with Gasteiger partial charge in [-0.15, -0.1) is 11.3 Å². The molecule has 0 aliphatic rings. The van der Waals surface area contributed by atoms with Crippen LogP contribution in [0.1, 0.15) is 25.3 Å². The van der Waals surface area contributed by atoms with Gasteiger partial charge >= 0.3 is 0 Å². The molecule has 0 fully saturated rings. The first-order valence-corrected chi connectivity index (χ1v) is 8.38. The Balaban J connectivity index is 1.74. The standard InChI is InChI=1S/C19H21NS/c1-14(2)18(15-6-4-3-5-7-15)13-20-17-8-9-19-16(12-17)10-11-21-19/h3-12,14,18,20H,13H2,1-2H3. The van der Waals surface area contributed by atoms with Gasteiger partial charge in [-0.1, -0.05) is 44.2 Å². The topological polar surface area (TPSA) is 12.0 Å². The molecule has 0 amide bonds. The Kier molecular flexibility index (Phi) is 4.26. The average Bonchev–Trinajstić information content (AvgIpc) is 2.96. The van der Waals surface area contributed by atoms with Crippen molar-refractivity contribution in [2.75, 3.05) is 11.9 Å². The molecular formula is C19H21NS. The molecule has 1 unspecified atom stereocenters. The molecule has 0 aliphatic carbocycles. The van der Waals surface area contributed by atoms with Gasteiger partial charge in [0.2, 0.25) is 0 Å². The Morgan fingerprint density at radius 1 is 1.00 bits per heavy atom. The van der Waals surface area contributed by atoms with Crippen LogP contribution in [-0.2, 0) is 0 Å². The molecule has 0 aliphatic heterocycles. The minimum absolute atomic E-state index is 0.532. The van der Waals surface area contributed by atoms with Crippen molar-refractivity contribution in [2.24, 2.45) is 5.92 Å². The van der Waals surface area contributed by atoms with Crippen molar-refractivity contribution in [3.63, 3.8) is 0 Å². The predicted molar refractivity (Wildman–Crippen MR) is 94.3 cm³/mol. The van der Waals surface area contributed by atoms with E-state index in [1.807, 2.05) is 0 Å². The van der Waals surface area contributed by atoms with E-state index in [2.05, 4.69) is 79.1 Å². The summed E-state index contributed by atoms with van der Waals surface area (Å²) in [4.78, 5) is 0. The summed E-state index contributed by atoms with van der Waals surface area (Å²) >= 11 is 1.79. The molecule has 108 valence electrons. The van der Waals surface area contributed by atoms with E-state index in [0.29, 0.717) is 11.8 Å². The summed E-state index contributed by atoms with van der Waals surface area (Å²) in [5, 5.41) is 7.08. The first-order valence-electron chi connectivity index (χ1n) is 7.50. The fraction of sp³-hybridized carbons (Fsp3) is 0.263. The van der Waals surface area contributed by atoms with E-state index >= 15 is 0 Å². The molecule has 2 heteroatoms. The largest absolute Gasteiger partial charge is 0.384 e. The van der Waals surface area contributed by atoms with E-state index in [1.165, 1.54) is 21.3 Å². The van der Waals surface area contributed by atoms with Crippen molar-refractivity contribution in [1.82, 2.24) is 0 Å². The molecule has 0 spiro atoms. The third kappa shape index (κ3) is 3.27. The number of anilines is 1. The number of hydrogen-bond donors (Lipinski definition) is 1. The van der Waals surface area contributed by atoms with Gasteiger partial charge in [-0.3, -0.25) is 0 Å². The molecule has 3 rings (SSSR count). The summed E-state index contributed by atoms with van der Waals surface area (Å²) in [7, 11) is 0. The van der Waals surface area contributed by atoms with Crippen LogP contribution >= 0.6 is 11.3 Å². The van der Waals surface area contributed by atoms with Crippen molar-refractivity contribution in [3.8, 4) is 0 Å². The monoisotopic (exact) mass is 295 g/mol. The molecular weight excluding hydrogens is 274 g/mol. The maximum Gasteiger partial charge on any atom is 0.0347 e. The summed E-state index contributed by atoms with van der Waals surface area (Å²) < 4.78 is 1.35. The number of nitrogens with one attached hydrogen (secondary N) is 1. The summed E-state index contributed by atoms with van der Waals surface area (Å²) in [6, 6.07) is 19.6. The van der Waals surface area contributed by atoms with E-state index in [0.717, 1.165) is 6.54 Å². The van der Waals surface area contributed by atoms with Crippen LogP contribution in [0.15, 0.2) is 60.0 Å². The quantitative estimate of drug-likeness (QED) is 0.631. The predicted octanol–water partition coefficient (Wildman–Crippen LogP) is 5.75. The average molecular weight is 295 g/mol. The lowest BCUT2D eigenvalue weighted by Gasteiger charge is -2.22. The van der Waals surface area contributed by atoms with E-state index in [9.17, 15) is 0 Å². The Bertz CT molecular complexity index is 700. The van der Waals surface area contributed by atoms with Crippen molar-refractivity contribution < 1.29 is 0 Å². The molecule has 1 aromatic heterocycles. The molecule has 21 heavy (non-hydrogen) atoms. The molecule has 0 bridgehead atoms. The summed E-state index contributed by atoms with van der Waals surface area (Å²) in [5.41, 5.74) is 2.62. The second-order valence-corrected chi connectivity index (χ2v) is 6.76. The van der Waals surface area contributed by atoms with Gasteiger partial charge in [0, 0.05) is 22.8 Å². The fourth-order valence-corrected chi connectivity index (χ4v) is 3.51. The van der Waals surface area contributed by atoms with Crippen molar-refractivity contribution in [2.45, 2.75) is 19.8 Å². The van der Waals surface area contributed by atoms with Crippen LogP contribution in [0.2, 0.25) is 0 Å². The molecule has 0 saturated heterocycles. The first-order chi connectivity index (χ1) is 10.2. The molecule has 1 heterocycles. The minimum Gasteiger partial charge on any atom is -0.384 e.